The summed E-state index contributed by atoms with van der Waals surface area (Å²) in [4.78, 5) is 14.6. The van der Waals surface area contributed by atoms with E-state index in [1.807, 2.05) is 20.8 Å². The molecular formula is C16H30N2OS. The van der Waals surface area contributed by atoms with Crippen LogP contribution in [0.1, 0.15) is 46.5 Å². The van der Waals surface area contributed by atoms with E-state index in [-0.39, 0.29) is 11.3 Å². The van der Waals surface area contributed by atoms with Crippen molar-refractivity contribution in [1.29, 1.82) is 0 Å². The highest BCUT2D eigenvalue weighted by molar-refractivity contribution is 7.99. The molecule has 0 spiro atoms. The van der Waals surface area contributed by atoms with Crippen molar-refractivity contribution in [2.24, 2.45) is 11.3 Å². The Morgan fingerprint density at radius 1 is 1.15 bits per heavy atom. The Labute approximate surface area is 128 Å². The number of likely N-dealkylation sites (tertiary alicyclic amines) is 1. The zero-order valence-electron chi connectivity index (χ0n) is 13.3. The number of thioether (sulfide) groups is 1. The second-order valence-electron chi connectivity index (χ2n) is 7.28. The Balaban J connectivity index is 1.67. The molecule has 0 radical (unpaired) electrons. The first-order chi connectivity index (χ1) is 9.47. The number of hydrogen-bond acceptors (Lipinski definition) is 3. The molecule has 2 aliphatic rings. The quantitative estimate of drug-likeness (QED) is 0.869. The number of nitrogens with one attached hydrogen (secondary N) is 1. The molecule has 1 N–H and O–H groups in total. The number of amides is 1. The zero-order valence-corrected chi connectivity index (χ0v) is 14.1. The van der Waals surface area contributed by atoms with Gasteiger partial charge in [-0.05, 0) is 56.2 Å². The molecule has 116 valence electrons. The van der Waals surface area contributed by atoms with E-state index in [1.165, 1.54) is 50.3 Å². The third kappa shape index (κ3) is 4.66. The molecule has 0 aromatic heterocycles. The molecule has 0 bridgehead atoms. The van der Waals surface area contributed by atoms with E-state index < -0.39 is 0 Å². The van der Waals surface area contributed by atoms with Crippen molar-refractivity contribution in [3.05, 3.63) is 0 Å². The van der Waals surface area contributed by atoms with Crippen LogP contribution in [0.15, 0.2) is 0 Å². The van der Waals surface area contributed by atoms with Gasteiger partial charge in [0, 0.05) is 18.0 Å². The van der Waals surface area contributed by atoms with Crippen LogP contribution in [0.2, 0.25) is 0 Å². The maximum Gasteiger partial charge on any atom is 0.225 e. The van der Waals surface area contributed by atoms with Crippen molar-refractivity contribution in [1.82, 2.24) is 10.2 Å². The molecule has 0 aliphatic carbocycles. The average Bonchev–Trinajstić information content (AvgIpc) is 2.45. The smallest absolute Gasteiger partial charge is 0.225 e. The summed E-state index contributed by atoms with van der Waals surface area (Å²) in [6.07, 6.45) is 5.23. The summed E-state index contributed by atoms with van der Waals surface area (Å²) >= 11 is 2.10. The van der Waals surface area contributed by atoms with Crippen LogP contribution in [-0.4, -0.2) is 48.0 Å². The van der Waals surface area contributed by atoms with E-state index in [2.05, 4.69) is 22.0 Å². The van der Waals surface area contributed by atoms with Crippen molar-refractivity contribution in [2.45, 2.75) is 52.5 Å². The minimum Gasteiger partial charge on any atom is -0.355 e. The summed E-state index contributed by atoms with van der Waals surface area (Å²) in [5.41, 5.74) is -0.263. The molecule has 0 aromatic carbocycles. The summed E-state index contributed by atoms with van der Waals surface area (Å²) in [7, 11) is 0. The Morgan fingerprint density at radius 3 is 2.30 bits per heavy atom. The van der Waals surface area contributed by atoms with Crippen molar-refractivity contribution >= 4 is 17.7 Å². The van der Waals surface area contributed by atoms with Gasteiger partial charge in [-0.3, -0.25) is 4.79 Å². The zero-order chi connectivity index (χ0) is 14.6. The second kappa shape index (κ2) is 7.17. The molecule has 0 saturated carbocycles. The van der Waals surface area contributed by atoms with Gasteiger partial charge >= 0.3 is 0 Å². The van der Waals surface area contributed by atoms with Crippen molar-refractivity contribution in [2.75, 3.05) is 31.1 Å². The third-order valence-corrected chi connectivity index (χ3v) is 5.64. The van der Waals surface area contributed by atoms with Crippen LogP contribution in [0.4, 0.5) is 0 Å². The van der Waals surface area contributed by atoms with Gasteiger partial charge in [0.15, 0.2) is 0 Å². The minimum atomic E-state index is -0.263. The first kappa shape index (κ1) is 16.2. The monoisotopic (exact) mass is 298 g/mol. The predicted molar refractivity (Wildman–Crippen MR) is 87.1 cm³/mol. The summed E-state index contributed by atoms with van der Waals surface area (Å²) in [5.74, 6) is 3.54. The van der Waals surface area contributed by atoms with E-state index in [0.717, 1.165) is 12.6 Å². The fourth-order valence-electron chi connectivity index (χ4n) is 3.07. The lowest BCUT2D eigenvalue weighted by Crippen LogP contribution is -2.45. The van der Waals surface area contributed by atoms with Crippen LogP contribution < -0.4 is 5.32 Å². The standard InChI is InChI=1S/C16H30N2OS/c1-16(2,3)15(19)17-12-13-4-8-18(9-5-13)14-6-10-20-11-7-14/h13-14H,4-12H2,1-3H3,(H,17,19). The second-order valence-corrected chi connectivity index (χ2v) is 8.51. The number of carbonyl (C=O) groups is 1. The number of rotatable bonds is 3. The molecule has 2 heterocycles. The summed E-state index contributed by atoms with van der Waals surface area (Å²) in [5, 5.41) is 3.13. The van der Waals surface area contributed by atoms with Gasteiger partial charge in [0.2, 0.25) is 5.91 Å². The topological polar surface area (TPSA) is 32.3 Å². The van der Waals surface area contributed by atoms with Gasteiger partial charge in [0.05, 0.1) is 0 Å². The first-order valence-corrected chi connectivity index (χ1v) is 9.22. The SMILES string of the molecule is CC(C)(C)C(=O)NCC1CCN(C2CCSCC2)CC1. The van der Waals surface area contributed by atoms with Crippen LogP contribution in [-0.2, 0) is 4.79 Å². The Hall–Kier alpha value is -0.220. The molecule has 1 amide bonds. The highest BCUT2D eigenvalue weighted by Crippen LogP contribution is 2.26. The summed E-state index contributed by atoms with van der Waals surface area (Å²) in [6, 6.07) is 0.835. The van der Waals surface area contributed by atoms with Crippen LogP contribution in [0.3, 0.4) is 0 Å². The molecule has 2 rings (SSSR count). The van der Waals surface area contributed by atoms with Gasteiger partial charge in [0.1, 0.15) is 0 Å². The number of hydrogen-bond donors (Lipinski definition) is 1. The van der Waals surface area contributed by atoms with E-state index >= 15 is 0 Å². The Kier molecular flexibility index (Phi) is 5.79. The van der Waals surface area contributed by atoms with Crippen LogP contribution in [0.5, 0.6) is 0 Å². The average molecular weight is 298 g/mol. The Bertz CT molecular complexity index is 313. The molecule has 2 fully saturated rings. The van der Waals surface area contributed by atoms with E-state index in [0.29, 0.717) is 5.92 Å². The van der Waals surface area contributed by atoms with Gasteiger partial charge in [-0.1, -0.05) is 20.8 Å². The first-order valence-electron chi connectivity index (χ1n) is 8.07. The molecule has 3 nitrogen and oxygen atoms in total. The number of piperidine rings is 1. The largest absolute Gasteiger partial charge is 0.355 e. The normalized spacial score (nSPS) is 23.8. The fraction of sp³-hybridized carbons (Fsp3) is 0.938. The maximum atomic E-state index is 11.9. The molecule has 20 heavy (non-hydrogen) atoms. The highest BCUT2D eigenvalue weighted by atomic mass is 32.2. The van der Waals surface area contributed by atoms with Crippen LogP contribution >= 0.6 is 11.8 Å². The Morgan fingerprint density at radius 2 is 1.75 bits per heavy atom. The third-order valence-electron chi connectivity index (χ3n) is 4.59. The number of nitrogens with zero attached hydrogens (tertiary/aromatic N) is 1. The van der Waals surface area contributed by atoms with Crippen molar-refractivity contribution in [3.63, 3.8) is 0 Å². The summed E-state index contributed by atoms with van der Waals surface area (Å²) < 4.78 is 0. The lowest BCUT2D eigenvalue weighted by molar-refractivity contribution is -0.128. The lowest BCUT2D eigenvalue weighted by Gasteiger charge is -2.39. The van der Waals surface area contributed by atoms with E-state index in [9.17, 15) is 4.79 Å². The van der Waals surface area contributed by atoms with Gasteiger partial charge in [-0.2, -0.15) is 11.8 Å². The molecule has 4 heteroatoms. The highest BCUT2D eigenvalue weighted by Gasteiger charge is 2.27. The molecule has 0 aromatic rings. The summed E-state index contributed by atoms with van der Waals surface area (Å²) in [6.45, 7) is 9.26. The molecule has 2 saturated heterocycles. The lowest BCUT2D eigenvalue weighted by atomic mass is 9.92. The van der Waals surface area contributed by atoms with Gasteiger partial charge in [-0.25, -0.2) is 0 Å². The van der Waals surface area contributed by atoms with Crippen LogP contribution in [0, 0.1) is 11.3 Å². The predicted octanol–water partition coefficient (Wildman–Crippen LogP) is 2.76. The van der Waals surface area contributed by atoms with Crippen LogP contribution in [0.25, 0.3) is 0 Å². The molecule has 2 aliphatic heterocycles. The van der Waals surface area contributed by atoms with Gasteiger partial charge < -0.3 is 10.2 Å². The minimum absolute atomic E-state index is 0.184. The van der Waals surface area contributed by atoms with Crippen molar-refractivity contribution < 1.29 is 4.79 Å². The maximum absolute atomic E-state index is 11.9. The molecule has 0 unspecified atom stereocenters. The number of carbonyl (C=O) groups excluding carboxylic acids is 1. The molecular weight excluding hydrogens is 268 g/mol. The molecule has 0 atom stereocenters. The van der Waals surface area contributed by atoms with E-state index in [4.69, 9.17) is 0 Å². The van der Waals surface area contributed by atoms with Gasteiger partial charge in [-0.15, -0.1) is 0 Å². The fourth-order valence-corrected chi connectivity index (χ4v) is 4.16. The van der Waals surface area contributed by atoms with E-state index in [1.54, 1.807) is 0 Å². The van der Waals surface area contributed by atoms with Gasteiger partial charge in [0.25, 0.3) is 0 Å². The van der Waals surface area contributed by atoms with Crippen molar-refractivity contribution in [3.8, 4) is 0 Å².